The van der Waals surface area contributed by atoms with Crippen molar-refractivity contribution in [3.05, 3.63) is 224 Å². The molecule has 0 heterocycles. The van der Waals surface area contributed by atoms with E-state index < -0.39 is 0 Å². The first-order valence-electron chi connectivity index (χ1n) is 19.7. The second kappa shape index (κ2) is 13.7. The zero-order valence-corrected chi connectivity index (χ0v) is 31.3. The lowest BCUT2D eigenvalue weighted by molar-refractivity contribution is 1.29. The van der Waals surface area contributed by atoms with E-state index in [4.69, 9.17) is 0 Å². The van der Waals surface area contributed by atoms with Crippen LogP contribution in [0.4, 0.5) is 17.1 Å². The summed E-state index contributed by atoms with van der Waals surface area (Å²) < 4.78 is 0. The highest BCUT2D eigenvalue weighted by Crippen LogP contribution is 2.60. The summed E-state index contributed by atoms with van der Waals surface area (Å²) in [5, 5.41) is 5.02. The van der Waals surface area contributed by atoms with Crippen LogP contribution < -0.4 is 4.90 Å². The Labute approximate surface area is 333 Å². The van der Waals surface area contributed by atoms with Crippen LogP contribution in [0.15, 0.2) is 224 Å². The third-order valence-corrected chi connectivity index (χ3v) is 11.5. The third kappa shape index (κ3) is 5.63. The lowest BCUT2D eigenvalue weighted by Gasteiger charge is -2.33. The molecule has 0 aromatic heterocycles. The molecule has 0 bridgehead atoms. The van der Waals surface area contributed by atoms with Crippen LogP contribution in [0.5, 0.6) is 0 Å². The van der Waals surface area contributed by atoms with E-state index in [1.807, 2.05) is 0 Å². The molecule has 10 aromatic rings. The van der Waals surface area contributed by atoms with Crippen molar-refractivity contribution in [1.29, 1.82) is 0 Å². The minimum absolute atomic E-state index is 1.11. The number of benzene rings is 10. The maximum atomic E-state index is 2.43. The molecule has 10 aromatic carbocycles. The van der Waals surface area contributed by atoms with Crippen molar-refractivity contribution in [3.63, 3.8) is 0 Å². The smallest absolute Gasteiger partial charge is 0.0468 e. The average Bonchev–Trinajstić information content (AvgIpc) is 3.29. The van der Waals surface area contributed by atoms with Crippen molar-refractivity contribution in [2.24, 2.45) is 0 Å². The van der Waals surface area contributed by atoms with E-state index >= 15 is 0 Å². The molecule has 0 saturated heterocycles. The van der Waals surface area contributed by atoms with E-state index in [1.165, 1.54) is 88.3 Å². The van der Waals surface area contributed by atoms with E-state index in [0.29, 0.717) is 0 Å². The number of rotatable bonds is 7. The number of anilines is 3. The summed E-state index contributed by atoms with van der Waals surface area (Å²) in [5.41, 5.74) is 18.6. The van der Waals surface area contributed by atoms with Crippen LogP contribution in [-0.4, -0.2) is 0 Å². The number of hydrogen-bond acceptors (Lipinski definition) is 1. The van der Waals surface area contributed by atoms with Crippen LogP contribution in [0, 0.1) is 0 Å². The molecule has 0 atom stereocenters. The van der Waals surface area contributed by atoms with Gasteiger partial charge < -0.3 is 4.90 Å². The van der Waals surface area contributed by atoms with E-state index in [-0.39, 0.29) is 0 Å². The summed E-state index contributed by atoms with van der Waals surface area (Å²) in [6, 6.07) is 81.7. The highest BCUT2D eigenvalue weighted by atomic mass is 15.1. The van der Waals surface area contributed by atoms with Gasteiger partial charge in [0.25, 0.3) is 0 Å². The summed E-state index contributed by atoms with van der Waals surface area (Å²) in [6.45, 7) is 0. The molecule has 1 nitrogen and oxygen atoms in total. The van der Waals surface area contributed by atoms with Crippen molar-refractivity contribution in [1.82, 2.24) is 0 Å². The summed E-state index contributed by atoms with van der Waals surface area (Å²) >= 11 is 0. The first-order chi connectivity index (χ1) is 28.3. The Morgan fingerprint density at radius 3 is 1.21 bits per heavy atom. The Morgan fingerprint density at radius 2 is 0.649 bits per heavy atom. The fraction of sp³-hybridized carbons (Fsp3) is 0. The molecule has 266 valence electrons. The number of nitrogens with zero attached hydrogens (tertiary/aromatic N) is 1. The van der Waals surface area contributed by atoms with E-state index in [9.17, 15) is 0 Å². The molecule has 0 saturated carbocycles. The van der Waals surface area contributed by atoms with Crippen molar-refractivity contribution in [3.8, 4) is 66.8 Å². The maximum absolute atomic E-state index is 2.43. The summed E-state index contributed by atoms with van der Waals surface area (Å²) in [7, 11) is 0. The Hall–Kier alpha value is -7.48. The molecular formula is C56H37N. The quantitative estimate of drug-likeness (QED) is 0.158. The third-order valence-electron chi connectivity index (χ3n) is 11.5. The van der Waals surface area contributed by atoms with E-state index in [2.05, 4.69) is 229 Å². The molecule has 0 unspecified atom stereocenters. The van der Waals surface area contributed by atoms with Gasteiger partial charge in [0.2, 0.25) is 0 Å². The molecule has 0 aliphatic heterocycles. The average molecular weight is 724 g/mol. The molecule has 0 spiro atoms. The number of fused-ring (bicyclic) bond motifs is 6. The fourth-order valence-corrected chi connectivity index (χ4v) is 8.90. The zero-order chi connectivity index (χ0) is 37.7. The molecular weight excluding hydrogens is 687 g/mol. The Kier molecular flexibility index (Phi) is 7.89. The fourth-order valence-electron chi connectivity index (χ4n) is 8.90. The molecule has 1 aliphatic rings. The molecule has 0 radical (unpaired) electrons. The van der Waals surface area contributed by atoms with Crippen molar-refractivity contribution in [2.75, 3.05) is 4.90 Å². The lowest BCUT2D eigenvalue weighted by atomic mass is 9.70. The van der Waals surface area contributed by atoms with Gasteiger partial charge in [-0.3, -0.25) is 0 Å². The van der Waals surface area contributed by atoms with Gasteiger partial charge in [-0.15, -0.1) is 0 Å². The van der Waals surface area contributed by atoms with Gasteiger partial charge in [-0.1, -0.05) is 176 Å². The van der Waals surface area contributed by atoms with Crippen LogP contribution >= 0.6 is 0 Å². The minimum Gasteiger partial charge on any atom is -0.310 e. The van der Waals surface area contributed by atoms with Crippen LogP contribution in [0.25, 0.3) is 88.3 Å². The monoisotopic (exact) mass is 723 g/mol. The molecule has 0 amide bonds. The van der Waals surface area contributed by atoms with Gasteiger partial charge in [-0.05, 0) is 137 Å². The first kappa shape index (κ1) is 32.9. The maximum Gasteiger partial charge on any atom is 0.0468 e. The Balaban J connectivity index is 1.10. The van der Waals surface area contributed by atoms with Gasteiger partial charge >= 0.3 is 0 Å². The molecule has 57 heavy (non-hydrogen) atoms. The predicted molar refractivity (Wildman–Crippen MR) is 242 cm³/mol. The Morgan fingerprint density at radius 1 is 0.228 bits per heavy atom. The second-order valence-corrected chi connectivity index (χ2v) is 14.9. The molecule has 1 heteroatoms. The molecule has 11 rings (SSSR count). The van der Waals surface area contributed by atoms with Crippen molar-refractivity contribution >= 4 is 38.6 Å². The van der Waals surface area contributed by atoms with Gasteiger partial charge in [-0.25, -0.2) is 0 Å². The second-order valence-electron chi connectivity index (χ2n) is 14.9. The molecule has 0 fully saturated rings. The highest BCUT2D eigenvalue weighted by Gasteiger charge is 2.32. The van der Waals surface area contributed by atoms with Gasteiger partial charge in [0.05, 0.1) is 0 Å². The van der Waals surface area contributed by atoms with E-state index in [0.717, 1.165) is 17.1 Å². The Bertz CT molecular complexity index is 3080. The number of hydrogen-bond donors (Lipinski definition) is 0. The van der Waals surface area contributed by atoms with Crippen LogP contribution in [-0.2, 0) is 0 Å². The summed E-state index contributed by atoms with van der Waals surface area (Å²) in [4.78, 5) is 2.39. The topological polar surface area (TPSA) is 3.24 Å². The molecule has 0 N–H and O–H groups in total. The highest BCUT2D eigenvalue weighted by molar-refractivity contribution is 6.26. The van der Waals surface area contributed by atoms with E-state index in [1.54, 1.807) is 0 Å². The van der Waals surface area contributed by atoms with Gasteiger partial charge in [0, 0.05) is 17.1 Å². The van der Waals surface area contributed by atoms with Crippen LogP contribution in [0.2, 0.25) is 0 Å². The van der Waals surface area contributed by atoms with Crippen molar-refractivity contribution in [2.45, 2.75) is 0 Å². The SMILES string of the molecule is c1ccc(-c2ccc(N(c3cccc(-c4ccccc4)c3)c3ccc4cc5c(cc4c3)-c3c-5c(-c4ccccc4)c4ccccc4c3-c3ccccc3)cc2)cc1. The van der Waals surface area contributed by atoms with Gasteiger partial charge in [0.15, 0.2) is 0 Å². The normalized spacial score (nSPS) is 11.5. The standard InChI is InChI=1S/C56H37N/c1-5-16-38(17-6-1)40-28-31-46(32-29-40)57(47-25-15-24-43(34-47)39-18-7-2-8-19-39)48-33-30-44-36-51-52(37-45(44)35-48)56-54(42-22-11-4-12-23-42)50-27-14-13-26-49(50)53(55(51)56)41-20-9-3-10-21-41/h1-37H. The first-order valence-corrected chi connectivity index (χ1v) is 19.7. The van der Waals surface area contributed by atoms with Crippen molar-refractivity contribution < 1.29 is 0 Å². The zero-order valence-electron chi connectivity index (χ0n) is 31.3. The lowest BCUT2D eigenvalue weighted by Crippen LogP contribution is -2.10. The minimum atomic E-state index is 1.11. The van der Waals surface area contributed by atoms with Gasteiger partial charge in [-0.2, -0.15) is 0 Å². The summed E-state index contributed by atoms with van der Waals surface area (Å²) in [6.07, 6.45) is 0. The van der Waals surface area contributed by atoms with Gasteiger partial charge in [0.1, 0.15) is 0 Å². The predicted octanol–water partition coefficient (Wildman–Crippen LogP) is 15.8. The van der Waals surface area contributed by atoms with Crippen LogP contribution in [0.1, 0.15) is 0 Å². The molecule has 1 aliphatic carbocycles. The summed E-state index contributed by atoms with van der Waals surface area (Å²) in [5.74, 6) is 0. The van der Waals surface area contributed by atoms with Crippen LogP contribution in [0.3, 0.4) is 0 Å². The largest absolute Gasteiger partial charge is 0.310 e.